The van der Waals surface area contributed by atoms with Crippen LogP contribution >= 0.6 is 20.5 Å². The van der Waals surface area contributed by atoms with E-state index in [0.29, 0.717) is 6.42 Å². The van der Waals surface area contributed by atoms with Crippen LogP contribution in [0.3, 0.4) is 0 Å². The van der Waals surface area contributed by atoms with Crippen molar-refractivity contribution in [3.63, 3.8) is 0 Å². The Hall–Kier alpha value is -0.330. The molecule has 2 unspecified atom stereocenters. The molecule has 0 rings (SSSR count). The minimum absolute atomic E-state index is 0.0991. The van der Waals surface area contributed by atoms with Gasteiger partial charge in [0.15, 0.2) is 0 Å². The van der Waals surface area contributed by atoms with Crippen molar-refractivity contribution >= 4 is 26.4 Å². The number of hydrogen-bond acceptors (Lipinski definition) is 6. The normalized spacial score (nSPS) is 14.2. The van der Waals surface area contributed by atoms with Crippen LogP contribution in [0.2, 0.25) is 0 Å². The zero-order valence-corrected chi connectivity index (χ0v) is 20.6. The summed E-state index contributed by atoms with van der Waals surface area (Å²) in [5.74, 6) is -0.133. The molecule has 2 atom stereocenters. The minimum atomic E-state index is -4.17. The number of unbranched alkanes of at least 4 members (excludes halogenated alkanes) is 12. The number of carbonyl (C=O) groups is 1. The van der Waals surface area contributed by atoms with E-state index < -0.39 is 13.9 Å². The van der Waals surface area contributed by atoms with Gasteiger partial charge in [0.25, 0.3) is 0 Å². The largest absolute Gasteiger partial charge is 0.472 e. The molecule has 8 heteroatoms. The lowest BCUT2D eigenvalue weighted by Crippen LogP contribution is -2.25. The van der Waals surface area contributed by atoms with Gasteiger partial charge in [-0.3, -0.25) is 13.8 Å². The summed E-state index contributed by atoms with van der Waals surface area (Å²) in [5.41, 5.74) is 0. The Labute approximate surface area is 189 Å². The van der Waals surface area contributed by atoms with Crippen LogP contribution in [0.25, 0.3) is 0 Å². The van der Waals surface area contributed by atoms with E-state index in [2.05, 4.69) is 30.7 Å². The van der Waals surface area contributed by atoms with E-state index in [1.807, 2.05) is 0 Å². The Kier molecular flexibility index (Phi) is 20.3. The molecule has 0 spiro atoms. The van der Waals surface area contributed by atoms with Crippen LogP contribution in [-0.2, 0) is 23.1 Å². The standard InChI is InChI=1S/C22H43O6PS/c1-3-5-6-7-8-9-10-11-12-13-14-15-16-17-22(23)28-21(20-30)19-27-29(24,25)26-18-4-2/h4,21,30H,2-3,5-20H2,1H3,(H,24,25). The number of carbonyl (C=O) groups excluding carboxylic acids is 1. The van der Waals surface area contributed by atoms with Crippen molar-refractivity contribution in [3.05, 3.63) is 12.7 Å². The first-order chi connectivity index (χ1) is 14.4. The molecule has 0 saturated heterocycles. The van der Waals surface area contributed by atoms with Gasteiger partial charge in [-0.1, -0.05) is 90.0 Å². The summed E-state index contributed by atoms with van der Waals surface area (Å²) < 4.78 is 26.3. The van der Waals surface area contributed by atoms with Crippen LogP contribution < -0.4 is 0 Å². The number of thiol groups is 1. The molecule has 0 aromatic carbocycles. The topological polar surface area (TPSA) is 82.1 Å². The lowest BCUT2D eigenvalue weighted by molar-refractivity contribution is -0.149. The highest BCUT2D eigenvalue weighted by atomic mass is 32.1. The van der Waals surface area contributed by atoms with E-state index in [1.54, 1.807) is 0 Å². The predicted molar refractivity (Wildman–Crippen MR) is 126 cm³/mol. The third-order valence-corrected chi connectivity index (χ3v) is 6.12. The maximum Gasteiger partial charge on any atom is 0.472 e. The first kappa shape index (κ1) is 29.7. The van der Waals surface area contributed by atoms with E-state index in [1.165, 1.54) is 70.3 Å². The molecule has 1 N–H and O–H groups in total. The Balaban J connectivity index is 3.62. The van der Waals surface area contributed by atoms with E-state index in [0.717, 1.165) is 19.3 Å². The van der Waals surface area contributed by atoms with Gasteiger partial charge in [-0.2, -0.15) is 12.6 Å². The van der Waals surface area contributed by atoms with Crippen molar-refractivity contribution in [2.24, 2.45) is 0 Å². The van der Waals surface area contributed by atoms with Gasteiger partial charge in [0, 0.05) is 12.2 Å². The average molecular weight is 467 g/mol. The zero-order chi connectivity index (χ0) is 22.5. The Bertz CT molecular complexity index is 475. The first-order valence-electron chi connectivity index (χ1n) is 11.5. The number of phosphoric ester groups is 1. The fourth-order valence-electron chi connectivity index (χ4n) is 3.02. The van der Waals surface area contributed by atoms with E-state index in [4.69, 9.17) is 9.26 Å². The van der Waals surface area contributed by atoms with E-state index in [-0.39, 0.29) is 24.9 Å². The second-order valence-electron chi connectivity index (χ2n) is 7.64. The number of rotatable bonds is 22. The lowest BCUT2D eigenvalue weighted by atomic mass is 10.0. The van der Waals surface area contributed by atoms with Crippen molar-refractivity contribution in [2.45, 2.75) is 103 Å². The molecule has 30 heavy (non-hydrogen) atoms. The second kappa shape index (κ2) is 20.6. The zero-order valence-electron chi connectivity index (χ0n) is 18.8. The average Bonchev–Trinajstić information content (AvgIpc) is 2.73. The molecule has 0 aromatic heterocycles. The summed E-state index contributed by atoms with van der Waals surface area (Å²) in [4.78, 5) is 21.4. The van der Waals surface area contributed by atoms with Crippen molar-refractivity contribution in [2.75, 3.05) is 19.0 Å². The molecule has 0 radical (unpaired) electrons. The Morgan fingerprint density at radius 2 is 1.47 bits per heavy atom. The molecule has 0 saturated carbocycles. The summed E-state index contributed by atoms with van der Waals surface area (Å²) >= 11 is 4.10. The van der Waals surface area contributed by atoms with Gasteiger partial charge in [-0.15, -0.1) is 6.58 Å². The summed E-state index contributed by atoms with van der Waals surface area (Å²) in [6, 6.07) is 0. The van der Waals surface area contributed by atoms with Crippen LogP contribution in [0, 0.1) is 0 Å². The fraction of sp³-hybridized carbons (Fsp3) is 0.864. The van der Waals surface area contributed by atoms with Crippen LogP contribution in [0.15, 0.2) is 12.7 Å². The highest BCUT2D eigenvalue weighted by molar-refractivity contribution is 7.80. The van der Waals surface area contributed by atoms with Gasteiger partial charge < -0.3 is 9.63 Å². The molecule has 178 valence electrons. The van der Waals surface area contributed by atoms with Crippen molar-refractivity contribution in [1.82, 2.24) is 0 Å². The van der Waals surface area contributed by atoms with Gasteiger partial charge in [0.1, 0.15) is 6.10 Å². The van der Waals surface area contributed by atoms with Crippen LogP contribution in [0.5, 0.6) is 0 Å². The Morgan fingerprint density at radius 1 is 0.967 bits per heavy atom. The van der Waals surface area contributed by atoms with Crippen LogP contribution in [-0.4, -0.2) is 35.9 Å². The third-order valence-electron chi connectivity index (χ3n) is 4.77. The highest BCUT2D eigenvalue weighted by Crippen LogP contribution is 2.43. The number of phosphoric acid groups is 1. The van der Waals surface area contributed by atoms with Gasteiger partial charge in [-0.25, -0.2) is 4.57 Å². The van der Waals surface area contributed by atoms with Gasteiger partial charge in [-0.05, 0) is 6.42 Å². The summed E-state index contributed by atoms with van der Waals surface area (Å²) in [7, 11) is -4.17. The molecular weight excluding hydrogens is 423 g/mol. The first-order valence-corrected chi connectivity index (χ1v) is 13.6. The quantitative estimate of drug-likeness (QED) is 0.0613. The number of hydrogen-bond donors (Lipinski definition) is 2. The van der Waals surface area contributed by atoms with Crippen LogP contribution in [0.4, 0.5) is 0 Å². The van der Waals surface area contributed by atoms with E-state index in [9.17, 15) is 14.3 Å². The maximum absolute atomic E-state index is 11.9. The molecule has 0 aliphatic carbocycles. The molecule has 0 amide bonds. The van der Waals surface area contributed by atoms with Gasteiger partial charge in [0.2, 0.25) is 0 Å². The van der Waals surface area contributed by atoms with Gasteiger partial charge in [0.05, 0.1) is 13.2 Å². The summed E-state index contributed by atoms with van der Waals surface area (Å²) in [6.07, 6.45) is 17.2. The maximum atomic E-state index is 11.9. The van der Waals surface area contributed by atoms with Crippen molar-refractivity contribution < 1.29 is 28.0 Å². The van der Waals surface area contributed by atoms with Gasteiger partial charge >= 0.3 is 13.8 Å². The van der Waals surface area contributed by atoms with Crippen molar-refractivity contribution in [3.8, 4) is 0 Å². The molecule has 0 heterocycles. The predicted octanol–water partition coefficient (Wildman–Crippen LogP) is 6.63. The molecule has 0 aromatic rings. The number of esters is 1. The fourth-order valence-corrected chi connectivity index (χ4v) is 3.92. The number of ether oxygens (including phenoxy) is 1. The minimum Gasteiger partial charge on any atom is -0.459 e. The second-order valence-corrected chi connectivity index (χ2v) is 9.45. The Morgan fingerprint density at radius 3 is 1.93 bits per heavy atom. The molecule has 0 fully saturated rings. The summed E-state index contributed by atoms with van der Waals surface area (Å²) in [6.45, 7) is 5.31. The lowest BCUT2D eigenvalue weighted by Gasteiger charge is -2.18. The van der Waals surface area contributed by atoms with E-state index >= 15 is 0 Å². The molecule has 0 bridgehead atoms. The summed E-state index contributed by atoms with van der Waals surface area (Å²) in [5, 5.41) is 0. The monoisotopic (exact) mass is 466 g/mol. The highest BCUT2D eigenvalue weighted by Gasteiger charge is 2.23. The molecule has 6 nitrogen and oxygen atoms in total. The molecule has 0 aliphatic heterocycles. The molecule has 0 aliphatic rings. The molecular formula is C22H43O6PS. The SMILES string of the molecule is C=CCOP(=O)(O)OCC(CS)OC(=O)CCCCCCCCCCCCCCC. The van der Waals surface area contributed by atoms with Crippen molar-refractivity contribution in [1.29, 1.82) is 0 Å². The third kappa shape index (κ3) is 19.6. The smallest absolute Gasteiger partial charge is 0.459 e. The van der Waals surface area contributed by atoms with Crippen LogP contribution in [0.1, 0.15) is 96.8 Å².